The van der Waals surface area contributed by atoms with Crippen LogP contribution in [0.25, 0.3) is 0 Å². The molecule has 0 aromatic heterocycles. The molecule has 1 atom stereocenters. The Labute approximate surface area is 78.3 Å². The highest BCUT2D eigenvalue weighted by Gasteiger charge is 2.21. The Morgan fingerprint density at radius 1 is 1.69 bits per heavy atom. The maximum absolute atomic E-state index is 11.0. The topological polar surface area (TPSA) is 49.4 Å². The van der Waals surface area contributed by atoms with Gasteiger partial charge in [0.25, 0.3) is 0 Å². The minimum Gasteiger partial charge on any atom is -0.354 e. The van der Waals surface area contributed by atoms with Gasteiger partial charge >= 0.3 is 0 Å². The van der Waals surface area contributed by atoms with Crippen LogP contribution in [0.4, 0.5) is 0 Å². The Kier molecular flexibility index (Phi) is 3.42. The summed E-state index contributed by atoms with van der Waals surface area (Å²) in [6, 6.07) is 0.184. The maximum atomic E-state index is 11.0. The molecule has 13 heavy (non-hydrogen) atoms. The van der Waals surface area contributed by atoms with E-state index in [0.717, 1.165) is 6.54 Å². The number of nitrogens with zero attached hydrogens (tertiary/aromatic N) is 1. The summed E-state index contributed by atoms with van der Waals surface area (Å²) in [5.74, 6) is 0.236. The van der Waals surface area contributed by atoms with E-state index < -0.39 is 0 Å². The molecule has 1 amide bonds. The molecule has 0 aromatic carbocycles. The van der Waals surface area contributed by atoms with Gasteiger partial charge in [0.15, 0.2) is 0 Å². The molecule has 0 radical (unpaired) electrons. The van der Waals surface area contributed by atoms with Crippen molar-refractivity contribution in [1.82, 2.24) is 10.2 Å². The van der Waals surface area contributed by atoms with Crippen molar-refractivity contribution in [2.24, 2.45) is 0 Å². The van der Waals surface area contributed by atoms with E-state index in [1.54, 1.807) is 6.92 Å². The van der Waals surface area contributed by atoms with Gasteiger partial charge in [-0.15, -0.1) is 0 Å². The highest BCUT2D eigenvalue weighted by atomic mass is 16.2. The van der Waals surface area contributed by atoms with Gasteiger partial charge in [-0.2, -0.15) is 0 Å². The maximum Gasteiger partial charge on any atom is 0.234 e. The van der Waals surface area contributed by atoms with Crippen LogP contribution in [0.15, 0.2) is 0 Å². The Morgan fingerprint density at radius 2 is 2.38 bits per heavy atom. The molecule has 1 aliphatic heterocycles. The molecular formula is C9H16N2O2. The third-order valence-corrected chi connectivity index (χ3v) is 2.27. The summed E-state index contributed by atoms with van der Waals surface area (Å²) in [4.78, 5) is 23.9. The van der Waals surface area contributed by atoms with Gasteiger partial charge in [0.05, 0.1) is 6.54 Å². The molecule has 0 aliphatic carbocycles. The van der Waals surface area contributed by atoms with Crippen LogP contribution < -0.4 is 5.32 Å². The normalized spacial score (nSPS) is 20.9. The fourth-order valence-electron chi connectivity index (χ4n) is 1.58. The van der Waals surface area contributed by atoms with Crippen LogP contribution in [-0.4, -0.2) is 42.3 Å². The van der Waals surface area contributed by atoms with Crippen LogP contribution in [0.1, 0.15) is 20.3 Å². The minimum atomic E-state index is 0.0571. The van der Waals surface area contributed by atoms with Crippen molar-refractivity contribution in [2.75, 3.05) is 19.6 Å². The summed E-state index contributed by atoms with van der Waals surface area (Å²) in [6.07, 6.45) is 0.535. The third kappa shape index (κ3) is 3.14. The highest BCUT2D eigenvalue weighted by Crippen LogP contribution is 2.05. The average molecular weight is 184 g/mol. The Morgan fingerprint density at radius 3 is 2.92 bits per heavy atom. The van der Waals surface area contributed by atoms with E-state index in [1.165, 1.54) is 0 Å². The molecule has 1 saturated heterocycles. The van der Waals surface area contributed by atoms with E-state index in [0.29, 0.717) is 19.5 Å². The van der Waals surface area contributed by atoms with Crippen molar-refractivity contribution in [3.8, 4) is 0 Å². The lowest BCUT2D eigenvalue weighted by Gasteiger charge is -2.31. The van der Waals surface area contributed by atoms with Crippen LogP contribution >= 0.6 is 0 Å². The molecule has 0 bridgehead atoms. The number of piperazine rings is 1. The van der Waals surface area contributed by atoms with Gasteiger partial charge < -0.3 is 5.32 Å². The van der Waals surface area contributed by atoms with Gasteiger partial charge in [-0.05, 0) is 13.8 Å². The van der Waals surface area contributed by atoms with E-state index >= 15 is 0 Å². The summed E-state index contributed by atoms with van der Waals surface area (Å²) < 4.78 is 0. The lowest BCUT2D eigenvalue weighted by atomic mass is 10.1. The first kappa shape index (κ1) is 10.2. The molecule has 4 heteroatoms. The fraction of sp³-hybridized carbons (Fsp3) is 0.778. The van der Waals surface area contributed by atoms with Crippen LogP contribution in [-0.2, 0) is 9.59 Å². The predicted molar refractivity (Wildman–Crippen MR) is 49.3 cm³/mol. The minimum absolute atomic E-state index is 0.0571. The highest BCUT2D eigenvalue weighted by molar-refractivity contribution is 5.79. The number of amides is 1. The molecule has 1 N–H and O–H groups in total. The van der Waals surface area contributed by atoms with Gasteiger partial charge in [0.2, 0.25) is 5.91 Å². The molecule has 1 rings (SSSR count). The first-order valence-corrected chi connectivity index (χ1v) is 4.60. The Bertz CT molecular complexity index is 216. The summed E-state index contributed by atoms with van der Waals surface area (Å²) >= 11 is 0. The smallest absolute Gasteiger partial charge is 0.234 e. The van der Waals surface area contributed by atoms with Gasteiger partial charge in [0.1, 0.15) is 5.78 Å². The van der Waals surface area contributed by atoms with E-state index in [1.807, 2.05) is 11.8 Å². The lowest BCUT2D eigenvalue weighted by Crippen LogP contribution is -2.51. The monoisotopic (exact) mass is 184 g/mol. The SMILES string of the molecule is CC(=O)CC(C)N1CCNC(=O)C1. The number of carbonyl (C=O) groups is 2. The van der Waals surface area contributed by atoms with Crippen molar-refractivity contribution in [2.45, 2.75) is 26.3 Å². The first-order valence-electron chi connectivity index (χ1n) is 4.60. The van der Waals surface area contributed by atoms with Gasteiger partial charge in [-0.25, -0.2) is 0 Å². The largest absolute Gasteiger partial charge is 0.354 e. The molecule has 74 valence electrons. The first-order chi connectivity index (χ1) is 6.09. The molecule has 0 aromatic rings. The number of rotatable bonds is 3. The van der Waals surface area contributed by atoms with Gasteiger partial charge in [0, 0.05) is 25.6 Å². The number of Topliss-reactive ketones (excluding diaryl/α,β-unsaturated/α-hetero) is 1. The third-order valence-electron chi connectivity index (χ3n) is 2.27. The zero-order chi connectivity index (χ0) is 9.84. The summed E-state index contributed by atoms with van der Waals surface area (Å²) in [5, 5.41) is 2.75. The van der Waals surface area contributed by atoms with E-state index in [-0.39, 0.29) is 17.7 Å². The van der Waals surface area contributed by atoms with E-state index in [2.05, 4.69) is 5.32 Å². The average Bonchev–Trinajstić information content (AvgIpc) is 2.03. The Hall–Kier alpha value is -0.900. The molecule has 1 unspecified atom stereocenters. The zero-order valence-electron chi connectivity index (χ0n) is 8.17. The van der Waals surface area contributed by atoms with Crippen molar-refractivity contribution in [1.29, 1.82) is 0 Å². The van der Waals surface area contributed by atoms with Crippen molar-refractivity contribution >= 4 is 11.7 Å². The van der Waals surface area contributed by atoms with E-state index in [9.17, 15) is 9.59 Å². The van der Waals surface area contributed by atoms with Gasteiger partial charge in [-0.1, -0.05) is 0 Å². The molecule has 1 heterocycles. The zero-order valence-corrected chi connectivity index (χ0v) is 8.17. The number of carbonyl (C=O) groups excluding carboxylic acids is 2. The second-order valence-electron chi connectivity index (χ2n) is 3.58. The van der Waals surface area contributed by atoms with Crippen molar-refractivity contribution in [3.63, 3.8) is 0 Å². The standard InChI is InChI=1S/C9H16N2O2/c1-7(5-8(2)12)11-4-3-10-9(13)6-11/h7H,3-6H2,1-2H3,(H,10,13). The van der Waals surface area contributed by atoms with Crippen molar-refractivity contribution < 1.29 is 9.59 Å². The quantitative estimate of drug-likeness (QED) is 0.660. The molecule has 1 aliphatic rings. The number of nitrogens with one attached hydrogen (secondary N) is 1. The van der Waals surface area contributed by atoms with Crippen LogP contribution in [0.3, 0.4) is 0 Å². The van der Waals surface area contributed by atoms with Crippen LogP contribution in [0.2, 0.25) is 0 Å². The molecule has 1 fully saturated rings. The lowest BCUT2D eigenvalue weighted by molar-refractivity contribution is -0.126. The van der Waals surface area contributed by atoms with Crippen molar-refractivity contribution in [3.05, 3.63) is 0 Å². The predicted octanol–water partition coefficient (Wildman–Crippen LogP) is -0.214. The number of hydrogen-bond acceptors (Lipinski definition) is 3. The van der Waals surface area contributed by atoms with Crippen LogP contribution in [0, 0.1) is 0 Å². The second kappa shape index (κ2) is 4.37. The Balaban J connectivity index is 2.41. The molecular weight excluding hydrogens is 168 g/mol. The molecule has 4 nitrogen and oxygen atoms in total. The van der Waals surface area contributed by atoms with Gasteiger partial charge in [-0.3, -0.25) is 14.5 Å². The molecule has 0 saturated carbocycles. The number of hydrogen-bond donors (Lipinski definition) is 1. The summed E-state index contributed by atoms with van der Waals surface area (Å²) in [7, 11) is 0. The van der Waals surface area contributed by atoms with Crippen LogP contribution in [0.5, 0.6) is 0 Å². The second-order valence-corrected chi connectivity index (χ2v) is 3.58. The fourth-order valence-corrected chi connectivity index (χ4v) is 1.58. The van der Waals surface area contributed by atoms with E-state index in [4.69, 9.17) is 0 Å². The number of ketones is 1. The summed E-state index contributed by atoms with van der Waals surface area (Å²) in [5.41, 5.74) is 0. The molecule has 0 spiro atoms. The summed E-state index contributed by atoms with van der Waals surface area (Å²) in [6.45, 7) is 5.54.